The van der Waals surface area contributed by atoms with Crippen molar-refractivity contribution in [2.24, 2.45) is 0 Å². The molecule has 0 atom stereocenters. The number of hydrogen-bond acceptors (Lipinski definition) is 6. The van der Waals surface area contributed by atoms with Gasteiger partial charge in [-0.05, 0) is 55.1 Å². The van der Waals surface area contributed by atoms with Gasteiger partial charge in [-0.25, -0.2) is 0 Å². The summed E-state index contributed by atoms with van der Waals surface area (Å²) in [4.78, 5) is 2.14. The molecule has 0 radical (unpaired) electrons. The van der Waals surface area contributed by atoms with Crippen molar-refractivity contribution < 1.29 is 33.6 Å². The van der Waals surface area contributed by atoms with Crippen LogP contribution in [0.3, 0.4) is 0 Å². The van der Waals surface area contributed by atoms with Crippen LogP contribution in [0.4, 0.5) is 0 Å². The summed E-state index contributed by atoms with van der Waals surface area (Å²) in [6.45, 7) is 1.46. The minimum absolute atomic E-state index is 0.0250. The summed E-state index contributed by atoms with van der Waals surface area (Å²) < 4.78 is 36.8. The molecule has 0 amide bonds. The molecule has 1 aliphatic rings. The van der Waals surface area contributed by atoms with Crippen LogP contribution in [0.15, 0.2) is 36.4 Å². The average Bonchev–Trinajstić information content (AvgIpc) is 2.53. The third-order valence-electron chi connectivity index (χ3n) is 4.46. The first-order valence-electron chi connectivity index (χ1n) is 8.02. The lowest BCUT2D eigenvalue weighted by atomic mass is 9.94. The summed E-state index contributed by atoms with van der Waals surface area (Å²) in [5.74, 6) is 0.315. The van der Waals surface area contributed by atoms with Crippen LogP contribution in [-0.4, -0.2) is 23.6 Å². The summed E-state index contributed by atoms with van der Waals surface area (Å²) in [7, 11) is -2.51. The van der Waals surface area contributed by atoms with Crippen LogP contribution in [0.1, 0.15) is 22.3 Å². The summed E-state index contributed by atoms with van der Waals surface area (Å²) >= 11 is 0. The fraction of sp³-hybridized carbons (Fsp3) is 0.333. The topological polar surface area (TPSA) is 102 Å². The van der Waals surface area contributed by atoms with Crippen molar-refractivity contribution in [3.05, 3.63) is 58.7 Å². The summed E-state index contributed by atoms with van der Waals surface area (Å²) in [6.07, 6.45) is 2.16. The number of phenols is 1. The van der Waals surface area contributed by atoms with Crippen molar-refractivity contribution in [2.75, 3.05) is 13.6 Å². The monoisotopic (exact) mass is 365 g/mol. The van der Waals surface area contributed by atoms with Crippen LogP contribution in [0, 0.1) is 10.2 Å². The summed E-state index contributed by atoms with van der Waals surface area (Å²) in [5, 5.41) is 10.2. The van der Waals surface area contributed by atoms with E-state index >= 15 is 0 Å². The highest BCUT2D eigenvalue weighted by molar-refractivity contribution is 5.41. The highest BCUT2D eigenvalue weighted by Crippen LogP contribution is 2.27. The number of fused-ring (bicyclic) bond motifs is 2. The molecule has 0 bridgehead atoms. The van der Waals surface area contributed by atoms with E-state index in [0.717, 1.165) is 35.2 Å². The van der Waals surface area contributed by atoms with Crippen LogP contribution in [0.5, 0.6) is 11.5 Å². The Balaban J connectivity index is 1.93. The van der Waals surface area contributed by atoms with Gasteiger partial charge in [-0.3, -0.25) is 0 Å². The first-order chi connectivity index (χ1) is 11.8. The molecule has 0 aliphatic carbocycles. The standard InChI is InChI=1S/C18H20ClNO5/c1-20-10-9-13-7-8-16(25-19(22,23)24)11-15(13)6-5-14-3-2-4-18(21)17(14)12-20/h2-4,7-8,11,21H,5-6,9-10,12H2,1H3. The number of hydrogen-bond donors (Lipinski definition) is 1. The Morgan fingerprint density at radius 1 is 1.00 bits per heavy atom. The Morgan fingerprint density at radius 2 is 1.76 bits per heavy atom. The third-order valence-corrected chi connectivity index (χ3v) is 4.83. The molecule has 0 spiro atoms. The van der Waals surface area contributed by atoms with E-state index in [9.17, 15) is 19.1 Å². The zero-order valence-corrected chi connectivity index (χ0v) is 14.7. The normalized spacial score (nSPS) is 16.0. The fourth-order valence-electron chi connectivity index (χ4n) is 3.20. The minimum Gasteiger partial charge on any atom is -0.508 e. The maximum absolute atomic E-state index is 10.8. The number of aromatic hydroxyl groups is 1. The summed E-state index contributed by atoms with van der Waals surface area (Å²) in [5.41, 5.74) is 4.02. The second kappa shape index (κ2) is 7.19. The Morgan fingerprint density at radius 3 is 2.52 bits per heavy atom. The summed E-state index contributed by atoms with van der Waals surface area (Å²) in [6, 6.07) is 10.4. The molecule has 0 fully saturated rings. The Kier molecular flexibility index (Phi) is 5.17. The largest absolute Gasteiger partial charge is 0.508 e. The molecule has 6 nitrogen and oxygen atoms in total. The average molecular weight is 366 g/mol. The van der Waals surface area contributed by atoms with E-state index in [-0.39, 0.29) is 5.75 Å². The number of halogens is 1. The molecule has 1 N–H and O–H groups in total. The second-order valence-corrected chi connectivity index (χ2v) is 7.20. The highest BCUT2D eigenvalue weighted by atomic mass is 35.7. The molecule has 0 saturated heterocycles. The predicted molar refractivity (Wildman–Crippen MR) is 82.6 cm³/mol. The smallest absolute Gasteiger partial charge is 0.288 e. The molecule has 0 unspecified atom stereocenters. The molecule has 1 heterocycles. The Bertz CT molecular complexity index is 760. The number of nitrogens with zero attached hydrogens (tertiary/aromatic N) is 1. The van der Waals surface area contributed by atoms with E-state index in [1.54, 1.807) is 12.1 Å². The predicted octanol–water partition coefficient (Wildman–Crippen LogP) is -0.559. The van der Waals surface area contributed by atoms with E-state index in [1.165, 1.54) is 6.07 Å². The zero-order chi connectivity index (χ0) is 18.0. The first-order valence-corrected chi connectivity index (χ1v) is 9.26. The fourth-order valence-corrected chi connectivity index (χ4v) is 3.52. The van der Waals surface area contributed by atoms with Crippen LogP contribution in [-0.2, 0) is 25.8 Å². The molecule has 25 heavy (non-hydrogen) atoms. The third kappa shape index (κ3) is 4.62. The van der Waals surface area contributed by atoms with E-state index in [0.29, 0.717) is 25.1 Å². The Labute approximate surface area is 148 Å². The van der Waals surface area contributed by atoms with Gasteiger partial charge in [-0.15, -0.1) is 0 Å². The van der Waals surface area contributed by atoms with Crippen LogP contribution >= 0.6 is 0 Å². The first kappa shape index (κ1) is 18.0. The van der Waals surface area contributed by atoms with Crippen molar-refractivity contribution in [1.82, 2.24) is 4.90 Å². The van der Waals surface area contributed by atoms with E-state index in [2.05, 4.69) is 9.19 Å². The lowest BCUT2D eigenvalue weighted by Crippen LogP contribution is -2.63. The Hall–Kier alpha value is -1.83. The van der Waals surface area contributed by atoms with Gasteiger partial charge in [0.2, 0.25) is 0 Å². The van der Waals surface area contributed by atoms with Crippen LogP contribution in [0.2, 0.25) is 0 Å². The number of likely N-dealkylation sites (N-methyl/N-ethyl adjacent to an activating group) is 1. The molecule has 7 heteroatoms. The van der Waals surface area contributed by atoms with Crippen LogP contribution < -0.4 is 18.3 Å². The van der Waals surface area contributed by atoms with Gasteiger partial charge in [-0.2, -0.15) is 14.0 Å². The molecule has 2 aromatic carbocycles. The van der Waals surface area contributed by atoms with Gasteiger partial charge in [0, 0.05) is 24.7 Å². The molecular weight excluding hydrogens is 346 g/mol. The second-order valence-electron chi connectivity index (χ2n) is 6.29. The van der Waals surface area contributed by atoms with Crippen molar-refractivity contribution >= 4 is 0 Å². The van der Waals surface area contributed by atoms with E-state index in [1.807, 2.05) is 25.2 Å². The molecule has 2 aromatic rings. The van der Waals surface area contributed by atoms with Gasteiger partial charge < -0.3 is 10.0 Å². The van der Waals surface area contributed by atoms with Crippen LogP contribution in [0.25, 0.3) is 0 Å². The number of phenolic OH excluding ortho intramolecular Hbond substituents is 1. The number of benzene rings is 2. The van der Waals surface area contributed by atoms with Gasteiger partial charge in [0.25, 0.3) is 5.75 Å². The van der Waals surface area contributed by atoms with Gasteiger partial charge >= 0.3 is 0 Å². The van der Waals surface area contributed by atoms with Crippen molar-refractivity contribution in [3.8, 4) is 11.5 Å². The number of aryl methyl sites for hydroxylation is 2. The van der Waals surface area contributed by atoms with Gasteiger partial charge in [0.1, 0.15) is 16.0 Å². The van der Waals surface area contributed by atoms with Gasteiger partial charge in [0.15, 0.2) is 0 Å². The quantitative estimate of drug-likeness (QED) is 0.765. The lowest BCUT2D eigenvalue weighted by molar-refractivity contribution is -1.91. The maximum atomic E-state index is 10.8. The van der Waals surface area contributed by atoms with Crippen molar-refractivity contribution in [1.29, 1.82) is 0 Å². The zero-order valence-electron chi connectivity index (χ0n) is 13.9. The van der Waals surface area contributed by atoms with E-state index < -0.39 is 10.2 Å². The molecule has 134 valence electrons. The van der Waals surface area contributed by atoms with Gasteiger partial charge in [0.05, 0.1) is 0 Å². The molecule has 3 rings (SSSR count). The van der Waals surface area contributed by atoms with Gasteiger partial charge in [-0.1, -0.05) is 22.5 Å². The SMILES string of the molecule is CN1CCc2ccc(O[Cl+3]([O-])([O-])[O-])cc2CCc2cccc(O)c2C1. The lowest BCUT2D eigenvalue weighted by Gasteiger charge is -2.23. The van der Waals surface area contributed by atoms with Crippen molar-refractivity contribution in [2.45, 2.75) is 25.8 Å². The highest BCUT2D eigenvalue weighted by Gasteiger charge is 2.21. The molecular formula is C18H20ClNO5. The molecule has 0 saturated carbocycles. The van der Waals surface area contributed by atoms with E-state index in [4.69, 9.17) is 0 Å². The maximum Gasteiger partial charge on any atom is 0.288 e. The molecule has 1 aliphatic heterocycles. The minimum atomic E-state index is -4.51. The van der Waals surface area contributed by atoms with Crippen molar-refractivity contribution in [3.63, 3.8) is 0 Å². The molecule has 0 aromatic heterocycles. The number of rotatable bonds is 2.